The smallest absolute Gasteiger partial charge is 0.257 e. The third-order valence-corrected chi connectivity index (χ3v) is 3.50. The van der Waals surface area contributed by atoms with Crippen molar-refractivity contribution in [2.75, 3.05) is 19.7 Å². The first kappa shape index (κ1) is 13.9. The first-order chi connectivity index (χ1) is 9.11. The molecule has 1 atom stereocenters. The van der Waals surface area contributed by atoms with Crippen LogP contribution in [0.15, 0.2) is 18.2 Å². The molecule has 0 spiro atoms. The SMILES string of the molecule is CCN(CC1CCCO1)C(=O)c1cc(C)ccc1O. The summed E-state index contributed by atoms with van der Waals surface area (Å²) in [4.78, 5) is 14.2. The lowest BCUT2D eigenvalue weighted by Gasteiger charge is -2.24. The van der Waals surface area contributed by atoms with E-state index in [1.807, 2.05) is 13.8 Å². The second kappa shape index (κ2) is 6.06. The summed E-state index contributed by atoms with van der Waals surface area (Å²) in [5.41, 5.74) is 1.34. The van der Waals surface area contributed by atoms with Gasteiger partial charge in [0.2, 0.25) is 0 Å². The maximum Gasteiger partial charge on any atom is 0.257 e. The minimum Gasteiger partial charge on any atom is -0.507 e. The zero-order chi connectivity index (χ0) is 13.8. The first-order valence-electron chi connectivity index (χ1n) is 6.82. The van der Waals surface area contributed by atoms with Crippen LogP contribution in [0, 0.1) is 6.92 Å². The van der Waals surface area contributed by atoms with Gasteiger partial charge in [0, 0.05) is 19.7 Å². The standard InChI is InChI=1S/C15H21NO3/c1-3-16(10-12-5-4-8-19-12)15(18)13-9-11(2)6-7-14(13)17/h6-7,9,12,17H,3-5,8,10H2,1-2H3. The number of benzene rings is 1. The normalized spacial score (nSPS) is 18.5. The third-order valence-electron chi connectivity index (χ3n) is 3.50. The number of ether oxygens (including phenoxy) is 1. The highest BCUT2D eigenvalue weighted by molar-refractivity contribution is 5.97. The van der Waals surface area contributed by atoms with Crippen molar-refractivity contribution in [2.24, 2.45) is 0 Å². The Hall–Kier alpha value is -1.55. The number of phenols is 1. The van der Waals surface area contributed by atoms with E-state index in [1.54, 1.807) is 23.1 Å². The molecule has 1 unspecified atom stereocenters. The highest BCUT2D eigenvalue weighted by Gasteiger charge is 2.23. The summed E-state index contributed by atoms with van der Waals surface area (Å²) in [5.74, 6) is -0.0828. The van der Waals surface area contributed by atoms with Gasteiger partial charge in [-0.15, -0.1) is 0 Å². The highest BCUT2D eigenvalue weighted by Crippen LogP contribution is 2.21. The fraction of sp³-hybridized carbons (Fsp3) is 0.533. The van der Waals surface area contributed by atoms with Crippen LogP contribution in [-0.2, 0) is 4.74 Å². The van der Waals surface area contributed by atoms with Crippen LogP contribution in [-0.4, -0.2) is 41.7 Å². The Labute approximate surface area is 114 Å². The Kier molecular flexibility index (Phi) is 4.43. The summed E-state index contributed by atoms with van der Waals surface area (Å²) in [7, 11) is 0. The van der Waals surface area contributed by atoms with Crippen molar-refractivity contribution in [2.45, 2.75) is 32.8 Å². The monoisotopic (exact) mass is 263 g/mol. The van der Waals surface area contributed by atoms with Crippen LogP contribution in [0.5, 0.6) is 5.75 Å². The van der Waals surface area contributed by atoms with Gasteiger partial charge in [-0.1, -0.05) is 11.6 Å². The Morgan fingerprint density at radius 3 is 2.95 bits per heavy atom. The summed E-state index contributed by atoms with van der Waals surface area (Å²) in [5, 5.41) is 9.83. The molecule has 2 rings (SSSR count). The number of aryl methyl sites for hydroxylation is 1. The molecule has 1 amide bonds. The van der Waals surface area contributed by atoms with E-state index in [9.17, 15) is 9.90 Å². The highest BCUT2D eigenvalue weighted by atomic mass is 16.5. The fourth-order valence-electron chi connectivity index (χ4n) is 2.38. The number of carbonyl (C=O) groups is 1. The van der Waals surface area contributed by atoms with Gasteiger partial charge in [-0.3, -0.25) is 4.79 Å². The Morgan fingerprint density at radius 2 is 2.32 bits per heavy atom. The molecule has 1 saturated heterocycles. The van der Waals surface area contributed by atoms with Crippen LogP contribution >= 0.6 is 0 Å². The number of rotatable bonds is 4. The van der Waals surface area contributed by atoms with Gasteiger partial charge in [-0.25, -0.2) is 0 Å². The molecule has 1 aliphatic heterocycles. The minimum absolute atomic E-state index is 0.0430. The van der Waals surface area contributed by atoms with E-state index in [2.05, 4.69) is 0 Å². The molecule has 1 aromatic rings. The van der Waals surface area contributed by atoms with Crippen LogP contribution in [0.25, 0.3) is 0 Å². The second-order valence-electron chi connectivity index (χ2n) is 5.00. The van der Waals surface area contributed by atoms with Crippen LogP contribution in [0.3, 0.4) is 0 Å². The van der Waals surface area contributed by atoms with Gasteiger partial charge in [0.25, 0.3) is 5.91 Å². The van der Waals surface area contributed by atoms with Crippen molar-refractivity contribution < 1.29 is 14.6 Å². The predicted octanol–water partition coefficient (Wildman–Crippen LogP) is 2.34. The molecule has 0 radical (unpaired) electrons. The van der Waals surface area contributed by atoms with E-state index < -0.39 is 0 Å². The molecule has 1 aliphatic rings. The molecule has 4 nitrogen and oxygen atoms in total. The molecule has 0 saturated carbocycles. The quantitative estimate of drug-likeness (QED) is 0.907. The summed E-state index contributed by atoms with van der Waals surface area (Å²) >= 11 is 0. The summed E-state index contributed by atoms with van der Waals surface area (Å²) in [6, 6.07) is 5.10. The molecule has 0 aliphatic carbocycles. The molecule has 0 bridgehead atoms. The molecule has 1 heterocycles. The number of aromatic hydroxyl groups is 1. The van der Waals surface area contributed by atoms with E-state index >= 15 is 0 Å². The van der Waals surface area contributed by atoms with Gasteiger partial charge in [0.05, 0.1) is 11.7 Å². The summed E-state index contributed by atoms with van der Waals surface area (Å²) in [6.07, 6.45) is 2.20. The van der Waals surface area contributed by atoms with E-state index in [0.717, 1.165) is 25.0 Å². The van der Waals surface area contributed by atoms with Crippen molar-refractivity contribution in [3.8, 4) is 5.75 Å². The zero-order valence-corrected chi connectivity index (χ0v) is 11.6. The van der Waals surface area contributed by atoms with Crippen LogP contribution < -0.4 is 0 Å². The molecule has 0 aromatic heterocycles. The maximum absolute atomic E-state index is 12.4. The van der Waals surface area contributed by atoms with Gasteiger partial charge in [0.15, 0.2) is 0 Å². The lowest BCUT2D eigenvalue weighted by Crippen LogP contribution is -2.37. The lowest BCUT2D eigenvalue weighted by molar-refractivity contribution is 0.0537. The maximum atomic E-state index is 12.4. The molecular formula is C15H21NO3. The number of amides is 1. The van der Waals surface area contributed by atoms with Crippen molar-refractivity contribution in [1.82, 2.24) is 4.90 Å². The fourth-order valence-corrected chi connectivity index (χ4v) is 2.38. The van der Waals surface area contributed by atoms with Gasteiger partial charge in [0.1, 0.15) is 5.75 Å². The average Bonchev–Trinajstić information content (AvgIpc) is 2.91. The van der Waals surface area contributed by atoms with Crippen molar-refractivity contribution in [3.63, 3.8) is 0 Å². The largest absolute Gasteiger partial charge is 0.507 e. The van der Waals surface area contributed by atoms with E-state index in [4.69, 9.17) is 4.74 Å². The van der Waals surface area contributed by atoms with E-state index in [1.165, 1.54) is 0 Å². The molecule has 4 heteroatoms. The Balaban J connectivity index is 2.12. The van der Waals surface area contributed by atoms with E-state index in [0.29, 0.717) is 18.7 Å². The third kappa shape index (κ3) is 3.26. The Morgan fingerprint density at radius 1 is 1.53 bits per heavy atom. The molecule has 1 aromatic carbocycles. The van der Waals surface area contributed by atoms with Crippen molar-refractivity contribution >= 4 is 5.91 Å². The van der Waals surface area contributed by atoms with Gasteiger partial charge < -0.3 is 14.7 Å². The van der Waals surface area contributed by atoms with Crippen molar-refractivity contribution in [3.05, 3.63) is 29.3 Å². The number of hydrogen-bond donors (Lipinski definition) is 1. The van der Waals surface area contributed by atoms with Crippen molar-refractivity contribution in [1.29, 1.82) is 0 Å². The van der Waals surface area contributed by atoms with E-state index in [-0.39, 0.29) is 17.8 Å². The first-order valence-corrected chi connectivity index (χ1v) is 6.82. The minimum atomic E-state index is -0.126. The molecule has 19 heavy (non-hydrogen) atoms. The molecule has 104 valence electrons. The van der Waals surface area contributed by atoms with Gasteiger partial charge in [-0.2, -0.15) is 0 Å². The summed E-state index contributed by atoms with van der Waals surface area (Å²) < 4.78 is 5.57. The number of likely N-dealkylation sites (N-methyl/N-ethyl adjacent to an activating group) is 1. The number of carbonyl (C=O) groups excluding carboxylic acids is 1. The molecule has 1 fully saturated rings. The van der Waals surface area contributed by atoms with Gasteiger partial charge >= 0.3 is 0 Å². The Bertz CT molecular complexity index is 453. The average molecular weight is 263 g/mol. The lowest BCUT2D eigenvalue weighted by atomic mass is 10.1. The zero-order valence-electron chi connectivity index (χ0n) is 11.6. The topological polar surface area (TPSA) is 49.8 Å². The second-order valence-corrected chi connectivity index (χ2v) is 5.00. The van der Waals surface area contributed by atoms with Crippen LogP contribution in [0.4, 0.5) is 0 Å². The molecular weight excluding hydrogens is 242 g/mol. The van der Waals surface area contributed by atoms with Gasteiger partial charge in [-0.05, 0) is 38.8 Å². The number of hydrogen-bond acceptors (Lipinski definition) is 3. The number of nitrogens with zero attached hydrogens (tertiary/aromatic N) is 1. The predicted molar refractivity (Wildman–Crippen MR) is 73.4 cm³/mol. The number of phenolic OH excluding ortho intramolecular Hbond substituents is 1. The molecule has 1 N–H and O–H groups in total. The summed E-state index contributed by atoms with van der Waals surface area (Å²) in [6.45, 7) is 5.85. The van der Waals surface area contributed by atoms with Crippen LogP contribution in [0.1, 0.15) is 35.7 Å². The van der Waals surface area contributed by atoms with Crippen LogP contribution in [0.2, 0.25) is 0 Å².